The van der Waals surface area contributed by atoms with Gasteiger partial charge in [-0.2, -0.15) is 23.0 Å². The van der Waals surface area contributed by atoms with Crippen LogP contribution in [0.3, 0.4) is 0 Å². The van der Waals surface area contributed by atoms with E-state index in [1.54, 1.807) is 24.5 Å². The Bertz CT molecular complexity index is 1160. The van der Waals surface area contributed by atoms with Gasteiger partial charge in [-0.15, -0.1) is 0 Å². The van der Waals surface area contributed by atoms with E-state index < -0.39 is 12.1 Å². The lowest BCUT2D eigenvalue weighted by molar-refractivity contribution is -0.192. The molecule has 0 bridgehead atoms. The van der Waals surface area contributed by atoms with Crippen LogP contribution in [0.5, 0.6) is 0 Å². The maximum absolute atomic E-state index is 12.5. The number of nitrogens with zero attached hydrogens (tertiary/aromatic N) is 4. The van der Waals surface area contributed by atoms with Crippen LogP contribution in [-0.2, 0) is 4.79 Å². The van der Waals surface area contributed by atoms with Crippen LogP contribution in [0.15, 0.2) is 71.8 Å². The highest BCUT2D eigenvalue weighted by Gasteiger charge is 2.38. The van der Waals surface area contributed by atoms with E-state index in [0.717, 1.165) is 18.8 Å². The molecular formula is C21H18F3N5O4. The Labute approximate surface area is 185 Å². The quantitative estimate of drug-likeness (QED) is 0.609. The van der Waals surface area contributed by atoms with Gasteiger partial charge in [0.15, 0.2) is 0 Å². The fraction of sp³-hybridized carbons (Fsp3) is 0.190. The molecular weight excluding hydrogens is 443 g/mol. The molecule has 0 spiro atoms. The van der Waals surface area contributed by atoms with Crippen LogP contribution in [0.4, 0.5) is 18.9 Å². The summed E-state index contributed by atoms with van der Waals surface area (Å²) in [6.45, 7) is 1.46. The molecule has 0 saturated carbocycles. The highest BCUT2D eigenvalue weighted by atomic mass is 19.4. The summed E-state index contributed by atoms with van der Waals surface area (Å²) in [7, 11) is 0. The minimum atomic E-state index is -5.08. The van der Waals surface area contributed by atoms with Crippen molar-refractivity contribution < 1.29 is 27.9 Å². The summed E-state index contributed by atoms with van der Waals surface area (Å²) in [4.78, 5) is 39.6. The van der Waals surface area contributed by atoms with Crippen molar-refractivity contribution in [3.8, 4) is 5.69 Å². The average Bonchev–Trinajstić information content (AvgIpc) is 2.77. The van der Waals surface area contributed by atoms with Gasteiger partial charge in [-0.3, -0.25) is 14.6 Å². The Morgan fingerprint density at radius 2 is 1.58 bits per heavy atom. The average molecular weight is 461 g/mol. The molecule has 1 aromatic carbocycles. The maximum atomic E-state index is 12.5. The van der Waals surface area contributed by atoms with Gasteiger partial charge in [-0.1, -0.05) is 18.2 Å². The molecule has 1 aliphatic rings. The Hall–Kier alpha value is -4.22. The molecule has 9 nitrogen and oxygen atoms in total. The molecule has 172 valence electrons. The standard InChI is InChI=1S/C19H17N5O2.C2HF3O2/c25-18-7-6-17(22-24(18)16-4-2-1-3-5-16)19(26)21-14-12-23(13-14)15-8-10-20-11-9-15;3-2(4,5)1(6)7/h1-11,14H,12-13H2,(H,21,26);(H,6,7). The Kier molecular flexibility index (Phi) is 7.06. The summed E-state index contributed by atoms with van der Waals surface area (Å²) >= 11 is 0. The summed E-state index contributed by atoms with van der Waals surface area (Å²) in [5.74, 6) is -3.04. The second-order valence-corrected chi connectivity index (χ2v) is 6.89. The van der Waals surface area contributed by atoms with Gasteiger partial charge < -0.3 is 15.3 Å². The molecule has 0 unspecified atom stereocenters. The van der Waals surface area contributed by atoms with E-state index in [2.05, 4.69) is 20.3 Å². The molecule has 1 saturated heterocycles. The fourth-order valence-electron chi connectivity index (χ4n) is 2.88. The van der Waals surface area contributed by atoms with Crippen molar-refractivity contribution in [3.05, 3.63) is 83.0 Å². The number of halogens is 3. The van der Waals surface area contributed by atoms with Gasteiger partial charge in [-0.25, -0.2) is 4.79 Å². The second kappa shape index (κ2) is 9.94. The van der Waals surface area contributed by atoms with Crippen LogP contribution in [0, 0.1) is 0 Å². The Balaban J connectivity index is 0.000000383. The Morgan fingerprint density at radius 3 is 2.15 bits per heavy atom. The van der Waals surface area contributed by atoms with Crippen molar-refractivity contribution in [1.82, 2.24) is 20.1 Å². The number of carbonyl (C=O) groups excluding carboxylic acids is 1. The summed E-state index contributed by atoms with van der Waals surface area (Å²) in [6.07, 6.45) is -1.59. The van der Waals surface area contributed by atoms with Crippen molar-refractivity contribution in [2.24, 2.45) is 0 Å². The Morgan fingerprint density at radius 1 is 0.970 bits per heavy atom. The predicted octanol–water partition coefficient (Wildman–Crippen LogP) is 1.88. The van der Waals surface area contributed by atoms with Crippen molar-refractivity contribution in [3.63, 3.8) is 0 Å². The number of carbonyl (C=O) groups is 2. The first-order chi connectivity index (χ1) is 15.6. The van der Waals surface area contributed by atoms with E-state index in [0.29, 0.717) is 5.69 Å². The minimum Gasteiger partial charge on any atom is -0.475 e. The van der Waals surface area contributed by atoms with E-state index in [9.17, 15) is 22.8 Å². The number of rotatable bonds is 4. The van der Waals surface area contributed by atoms with Gasteiger partial charge in [0.1, 0.15) is 5.69 Å². The number of para-hydroxylation sites is 1. The fourth-order valence-corrected chi connectivity index (χ4v) is 2.88. The molecule has 2 N–H and O–H groups in total. The van der Waals surface area contributed by atoms with Gasteiger partial charge in [0.25, 0.3) is 11.5 Å². The lowest BCUT2D eigenvalue weighted by Gasteiger charge is -2.41. The van der Waals surface area contributed by atoms with Crippen molar-refractivity contribution in [2.75, 3.05) is 18.0 Å². The number of aliphatic carboxylic acids is 1. The van der Waals surface area contributed by atoms with Crippen LogP contribution in [-0.4, -0.2) is 57.1 Å². The number of alkyl halides is 3. The zero-order valence-corrected chi connectivity index (χ0v) is 16.9. The topological polar surface area (TPSA) is 117 Å². The van der Waals surface area contributed by atoms with Gasteiger partial charge >= 0.3 is 12.1 Å². The number of benzene rings is 1. The first-order valence-electron chi connectivity index (χ1n) is 9.57. The molecule has 0 aliphatic carbocycles. The molecule has 1 amide bonds. The molecule has 3 aromatic rings. The van der Waals surface area contributed by atoms with Gasteiger partial charge in [0.2, 0.25) is 0 Å². The van der Waals surface area contributed by atoms with Crippen LogP contribution >= 0.6 is 0 Å². The first-order valence-corrected chi connectivity index (χ1v) is 9.57. The molecule has 1 aliphatic heterocycles. The monoisotopic (exact) mass is 461 g/mol. The summed E-state index contributed by atoms with van der Waals surface area (Å²) in [6, 6.07) is 15.8. The van der Waals surface area contributed by atoms with Crippen LogP contribution < -0.4 is 15.8 Å². The van der Waals surface area contributed by atoms with Crippen molar-refractivity contribution >= 4 is 17.6 Å². The number of carboxylic acids is 1. The van der Waals surface area contributed by atoms with Crippen LogP contribution in [0.25, 0.3) is 5.69 Å². The van der Waals surface area contributed by atoms with E-state index in [1.165, 1.54) is 16.8 Å². The predicted molar refractivity (Wildman–Crippen MR) is 111 cm³/mol. The highest BCUT2D eigenvalue weighted by molar-refractivity contribution is 5.92. The normalized spacial score (nSPS) is 13.4. The smallest absolute Gasteiger partial charge is 0.475 e. The molecule has 3 heterocycles. The third-order valence-electron chi connectivity index (χ3n) is 4.52. The SMILES string of the molecule is O=C(NC1CN(c2ccncc2)C1)c1ccc(=O)n(-c2ccccc2)n1.O=C(O)C(F)(F)F. The van der Waals surface area contributed by atoms with E-state index in [1.807, 2.05) is 30.3 Å². The number of hydrogen-bond acceptors (Lipinski definition) is 6. The molecule has 0 atom stereocenters. The zero-order valence-electron chi connectivity index (χ0n) is 16.9. The summed E-state index contributed by atoms with van der Waals surface area (Å²) < 4.78 is 33.0. The minimum absolute atomic E-state index is 0.0505. The lowest BCUT2D eigenvalue weighted by atomic mass is 10.1. The highest BCUT2D eigenvalue weighted by Crippen LogP contribution is 2.19. The van der Waals surface area contributed by atoms with E-state index >= 15 is 0 Å². The number of amides is 1. The maximum Gasteiger partial charge on any atom is 0.490 e. The number of hydrogen-bond donors (Lipinski definition) is 2. The number of nitrogens with one attached hydrogen (secondary N) is 1. The third-order valence-corrected chi connectivity index (χ3v) is 4.52. The summed E-state index contributed by atoms with van der Waals surface area (Å²) in [5, 5.41) is 14.3. The number of anilines is 1. The zero-order chi connectivity index (χ0) is 24.0. The van der Waals surface area contributed by atoms with Crippen molar-refractivity contribution in [2.45, 2.75) is 12.2 Å². The van der Waals surface area contributed by atoms with Gasteiger partial charge in [0.05, 0.1) is 11.7 Å². The molecule has 12 heteroatoms. The molecule has 4 rings (SSSR count). The van der Waals surface area contributed by atoms with Gasteiger partial charge in [-0.05, 0) is 30.3 Å². The first kappa shape index (κ1) is 23.4. The molecule has 2 aromatic heterocycles. The molecule has 33 heavy (non-hydrogen) atoms. The number of carboxylic acid groups (broad SMARTS) is 1. The van der Waals surface area contributed by atoms with E-state index in [-0.39, 0.29) is 23.2 Å². The second-order valence-electron chi connectivity index (χ2n) is 6.89. The van der Waals surface area contributed by atoms with Crippen LogP contribution in [0.2, 0.25) is 0 Å². The lowest BCUT2D eigenvalue weighted by Crippen LogP contribution is -2.59. The summed E-state index contributed by atoms with van der Waals surface area (Å²) in [5.41, 5.74) is 1.65. The third kappa shape index (κ3) is 6.15. The van der Waals surface area contributed by atoms with Crippen LogP contribution in [0.1, 0.15) is 10.5 Å². The largest absolute Gasteiger partial charge is 0.490 e. The van der Waals surface area contributed by atoms with Gasteiger partial charge in [0, 0.05) is 37.2 Å². The van der Waals surface area contributed by atoms with E-state index in [4.69, 9.17) is 9.90 Å². The number of aromatic nitrogens is 3. The van der Waals surface area contributed by atoms with Crippen molar-refractivity contribution in [1.29, 1.82) is 0 Å². The number of pyridine rings is 1. The molecule has 1 fully saturated rings. The molecule has 0 radical (unpaired) electrons.